The standard InChI is InChI=1S/C13H23F3N6.HI/c1-17-12(18-6-5-13(14,15)16)19-8-11(21(2)3)10-7-20-22(4)9-10;/h7,9,11H,5-6,8H2,1-4H3,(H2,17,18,19);1H. The highest BCUT2D eigenvalue weighted by Crippen LogP contribution is 2.18. The number of nitrogens with zero attached hydrogens (tertiary/aromatic N) is 4. The van der Waals surface area contributed by atoms with Gasteiger partial charge in [-0.15, -0.1) is 24.0 Å². The first kappa shape index (κ1) is 22.0. The molecule has 1 heterocycles. The van der Waals surface area contributed by atoms with Crippen molar-refractivity contribution in [2.45, 2.75) is 18.6 Å². The van der Waals surface area contributed by atoms with Crippen molar-refractivity contribution >= 4 is 29.9 Å². The van der Waals surface area contributed by atoms with Gasteiger partial charge in [0.15, 0.2) is 5.96 Å². The second-order valence-corrected chi connectivity index (χ2v) is 5.17. The molecule has 0 saturated carbocycles. The van der Waals surface area contributed by atoms with E-state index < -0.39 is 12.6 Å². The minimum atomic E-state index is -4.17. The molecule has 1 rings (SSSR count). The minimum absolute atomic E-state index is 0. The summed E-state index contributed by atoms with van der Waals surface area (Å²) in [5.41, 5.74) is 1.02. The van der Waals surface area contributed by atoms with Gasteiger partial charge in [-0.25, -0.2) is 0 Å². The molecular formula is C13H24F3IN6. The topological polar surface area (TPSA) is 57.5 Å². The minimum Gasteiger partial charge on any atom is -0.356 e. The van der Waals surface area contributed by atoms with Crippen molar-refractivity contribution in [3.63, 3.8) is 0 Å². The third-order valence-electron chi connectivity index (χ3n) is 3.12. The molecule has 2 N–H and O–H groups in total. The van der Waals surface area contributed by atoms with Gasteiger partial charge < -0.3 is 15.5 Å². The number of nitrogens with one attached hydrogen (secondary N) is 2. The normalized spacial score (nSPS) is 13.7. The summed E-state index contributed by atoms with van der Waals surface area (Å²) in [5, 5.41) is 9.83. The molecule has 23 heavy (non-hydrogen) atoms. The second-order valence-electron chi connectivity index (χ2n) is 5.17. The van der Waals surface area contributed by atoms with Crippen LogP contribution in [0.5, 0.6) is 0 Å². The monoisotopic (exact) mass is 448 g/mol. The zero-order valence-electron chi connectivity index (χ0n) is 13.7. The number of halogens is 4. The van der Waals surface area contributed by atoms with Crippen molar-refractivity contribution in [1.29, 1.82) is 0 Å². The Balaban J connectivity index is 0.00000484. The van der Waals surface area contributed by atoms with Crippen LogP contribution in [-0.2, 0) is 7.05 Å². The molecule has 0 radical (unpaired) electrons. The average molecular weight is 448 g/mol. The molecule has 0 amide bonds. The summed E-state index contributed by atoms with van der Waals surface area (Å²) in [6.45, 7) is 0.299. The number of aliphatic imine (C=N–C) groups is 1. The molecule has 1 unspecified atom stereocenters. The van der Waals surface area contributed by atoms with E-state index in [1.54, 1.807) is 10.9 Å². The number of alkyl halides is 3. The fraction of sp³-hybridized carbons (Fsp3) is 0.692. The maximum Gasteiger partial charge on any atom is 0.390 e. The lowest BCUT2D eigenvalue weighted by Gasteiger charge is -2.24. The molecule has 10 heteroatoms. The van der Waals surface area contributed by atoms with E-state index in [0.29, 0.717) is 12.5 Å². The number of rotatable bonds is 6. The van der Waals surface area contributed by atoms with Crippen molar-refractivity contribution in [3.05, 3.63) is 18.0 Å². The predicted molar refractivity (Wildman–Crippen MR) is 95.1 cm³/mol. The molecule has 0 aliphatic carbocycles. The first-order valence-corrected chi connectivity index (χ1v) is 6.89. The van der Waals surface area contributed by atoms with Crippen molar-refractivity contribution < 1.29 is 13.2 Å². The van der Waals surface area contributed by atoms with Gasteiger partial charge in [-0.3, -0.25) is 9.67 Å². The van der Waals surface area contributed by atoms with Crippen LogP contribution in [0.4, 0.5) is 13.2 Å². The molecule has 0 aromatic carbocycles. The molecule has 134 valence electrons. The summed E-state index contributed by atoms with van der Waals surface area (Å²) >= 11 is 0. The SMILES string of the molecule is CN=C(NCCC(F)(F)F)NCC(c1cnn(C)c1)N(C)C.I. The lowest BCUT2D eigenvalue weighted by Crippen LogP contribution is -2.42. The van der Waals surface area contributed by atoms with Gasteiger partial charge in [-0.2, -0.15) is 18.3 Å². The number of hydrogen-bond acceptors (Lipinski definition) is 3. The van der Waals surface area contributed by atoms with Crippen LogP contribution < -0.4 is 10.6 Å². The van der Waals surface area contributed by atoms with Gasteiger partial charge in [0.05, 0.1) is 18.7 Å². The van der Waals surface area contributed by atoms with Gasteiger partial charge in [0.25, 0.3) is 0 Å². The summed E-state index contributed by atoms with van der Waals surface area (Å²) in [5.74, 6) is 0.347. The Morgan fingerprint density at radius 2 is 2.04 bits per heavy atom. The fourth-order valence-corrected chi connectivity index (χ4v) is 1.95. The molecular weight excluding hydrogens is 424 g/mol. The van der Waals surface area contributed by atoms with Gasteiger partial charge in [0.2, 0.25) is 0 Å². The fourth-order valence-electron chi connectivity index (χ4n) is 1.95. The zero-order chi connectivity index (χ0) is 16.8. The quantitative estimate of drug-likeness (QED) is 0.396. The lowest BCUT2D eigenvalue weighted by atomic mass is 10.1. The molecule has 0 bridgehead atoms. The van der Waals surface area contributed by atoms with Crippen LogP contribution in [0.2, 0.25) is 0 Å². The first-order chi connectivity index (χ1) is 10.2. The molecule has 6 nitrogen and oxygen atoms in total. The van der Waals surface area contributed by atoms with Crippen molar-refractivity contribution in [2.24, 2.45) is 12.0 Å². The van der Waals surface area contributed by atoms with Crippen LogP contribution in [0.25, 0.3) is 0 Å². The number of aromatic nitrogens is 2. The maximum absolute atomic E-state index is 12.1. The van der Waals surface area contributed by atoms with Gasteiger partial charge in [0.1, 0.15) is 0 Å². The third-order valence-corrected chi connectivity index (χ3v) is 3.12. The molecule has 0 fully saturated rings. The van der Waals surface area contributed by atoms with E-state index in [-0.39, 0.29) is 36.6 Å². The Hall–Kier alpha value is -1.04. The summed E-state index contributed by atoms with van der Waals surface area (Å²) in [6, 6.07) is 0.0369. The largest absolute Gasteiger partial charge is 0.390 e. The number of likely N-dealkylation sites (N-methyl/N-ethyl adjacent to an activating group) is 1. The Kier molecular flexibility index (Phi) is 9.51. The highest BCUT2D eigenvalue weighted by Gasteiger charge is 2.26. The molecule has 1 atom stereocenters. The Bertz CT molecular complexity index is 486. The second kappa shape index (κ2) is 9.96. The number of guanidine groups is 1. The van der Waals surface area contributed by atoms with Gasteiger partial charge in [0, 0.05) is 38.9 Å². The van der Waals surface area contributed by atoms with E-state index in [4.69, 9.17) is 0 Å². The van der Waals surface area contributed by atoms with E-state index in [1.807, 2.05) is 32.2 Å². The third kappa shape index (κ3) is 8.39. The predicted octanol–water partition coefficient (Wildman–Crippen LogP) is 1.76. The highest BCUT2D eigenvalue weighted by molar-refractivity contribution is 14.0. The van der Waals surface area contributed by atoms with Gasteiger partial charge in [-0.1, -0.05) is 0 Å². The highest BCUT2D eigenvalue weighted by atomic mass is 127. The molecule has 0 spiro atoms. The molecule has 1 aromatic rings. The van der Waals surface area contributed by atoms with Crippen LogP contribution in [0.15, 0.2) is 17.4 Å². The van der Waals surface area contributed by atoms with Crippen LogP contribution in [0.3, 0.4) is 0 Å². The van der Waals surface area contributed by atoms with E-state index in [0.717, 1.165) is 5.56 Å². The van der Waals surface area contributed by atoms with Crippen molar-refractivity contribution in [2.75, 3.05) is 34.2 Å². The van der Waals surface area contributed by atoms with Gasteiger partial charge >= 0.3 is 6.18 Å². The molecule has 0 saturated heterocycles. The first-order valence-electron chi connectivity index (χ1n) is 6.89. The number of hydrogen-bond donors (Lipinski definition) is 2. The Morgan fingerprint density at radius 3 is 2.48 bits per heavy atom. The number of aryl methyl sites for hydroxylation is 1. The summed E-state index contributed by atoms with van der Waals surface area (Å²) in [7, 11) is 7.22. The lowest BCUT2D eigenvalue weighted by molar-refractivity contribution is -0.132. The van der Waals surface area contributed by atoms with E-state index in [2.05, 4.69) is 20.7 Å². The van der Waals surface area contributed by atoms with Crippen LogP contribution in [0, 0.1) is 0 Å². The Morgan fingerprint density at radius 1 is 1.39 bits per heavy atom. The molecule has 0 aliphatic rings. The van der Waals surface area contributed by atoms with E-state index in [9.17, 15) is 13.2 Å². The molecule has 0 aliphatic heterocycles. The van der Waals surface area contributed by atoms with E-state index >= 15 is 0 Å². The van der Waals surface area contributed by atoms with Crippen molar-refractivity contribution in [3.8, 4) is 0 Å². The maximum atomic E-state index is 12.1. The Labute approximate surface area is 151 Å². The zero-order valence-corrected chi connectivity index (χ0v) is 16.0. The summed E-state index contributed by atoms with van der Waals surface area (Å²) < 4.78 is 38.1. The molecule has 1 aromatic heterocycles. The smallest absolute Gasteiger partial charge is 0.356 e. The van der Waals surface area contributed by atoms with Crippen LogP contribution in [0.1, 0.15) is 18.0 Å². The average Bonchev–Trinajstić information content (AvgIpc) is 2.81. The van der Waals surface area contributed by atoms with Gasteiger partial charge in [-0.05, 0) is 14.1 Å². The summed E-state index contributed by atoms with van der Waals surface area (Å²) in [4.78, 5) is 5.93. The van der Waals surface area contributed by atoms with Crippen LogP contribution in [-0.4, -0.2) is 61.0 Å². The van der Waals surface area contributed by atoms with E-state index in [1.165, 1.54) is 7.05 Å². The summed E-state index contributed by atoms with van der Waals surface area (Å²) in [6.07, 6.45) is -1.39. The van der Waals surface area contributed by atoms with Crippen molar-refractivity contribution in [1.82, 2.24) is 25.3 Å². The van der Waals surface area contributed by atoms with Crippen LogP contribution >= 0.6 is 24.0 Å².